The van der Waals surface area contributed by atoms with Gasteiger partial charge < -0.3 is 25.5 Å². The third kappa shape index (κ3) is 8.50. The van der Waals surface area contributed by atoms with Crippen molar-refractivity contribution < 1.29 is 5.11 Å². The van der Waals surface area contributed by atoms with Crippen molar-refractivity contribution in [1.82, 2.24) is 23.7 Å². The number of hydrogen-bond acceptors (Lipinski definition) is 19. The van der Waals surface area contributed by atoms with Crippen LogP contribution in [0.5, 0.6) is 0 Å². The maximum atomic E-state index is 9.66. The lowest BCUT2D eigenvalue weighted by atomic mass is 10.2. The van der Waals surface area contributed by atoms with Crippen molar-refractivity contribution in [1.29, 1.82) is 0 Å². The third-order valence-electron chi connectivity index (χ3n) is 8.33. The van der Waals surface area contributed by atoms with Crippen LogP contribution in [0, 0.1) is 0 Å². The first kappa shape index (κ1) is 37.6. The minimum atomic E-state index is -0.0290. The van der Waals surface area contributed by atoms with E-state index >= 15 is 0 Å². The average Bonchev–Trinajstić information content (AvgIpc) is 3.99. The summed E-state index contributed by atoms with van der Waals surface area (Å²) in [4.78, 5) is 20.7. The van der Waals surface area contributed by atoms with Crippen LogP contribution in [0.4, 0.5) is 56.0 Å². The van der Waals surface area contributed by atoms with Gasteiger partial charge in [-0.25, -0.2) is 0 Å². The zero-order chi connectivity index (χ0) is 37.4. The molecule has 0 saturated carbocycles. The molecule has 14 nitrogen and oxygen atoms in total. The Morgan fingerprint density at radius 2 is 1.13 bits per heavy atom. The van der Waals surface area contributed by atoms with Gasteiger partial charge in [0.2, 0.25) is 11.9 Å². The van der Waals surface area contributed by atoms with Crippen molar-refractivity contribution in [2.75, 3.05) is 59.0 Å². The first-order valence-corrected chi connectivity index (χ1v) is 21.6. The molecule has 0 amide bonds. The molecule has 54 heavy (non-hydrogen) atoms. The number of nitrogens with one attached hydrogen (secondary N) is 2. The molecule has 0 aliphatic rings. The fourth-order valence-corrected chi connectivity index (χ4v) is 9.32. The van der Waals surface area contributed by atoms with E-state index in [9.17, 15) is 5.11 Å². The second kappa shape index (κ2) is 17.7. The highest BCUT2D eigenvalue weighted by Crippen LogP contribution is 2.40. The Bertz CT molecular complexity index is 2230. The van der Waals surface area contributed by atoms with Crippen molar-refractivity contribution in [3.05, 3.63) is 59.3 Å². The summed E-state index contributed by atoms with van der Waals surface area (Å²) in [7, 11) is 0. The number of nitrogens with zero attached hydrogens (tertiary/aromatic N) is 11. The number of rotatable bonds is 17. The highest BCUT2D eigenvalue weighted by atomic mass is 32.2. The number of fused-ring (bicyclic) bond motifs is 2. The summed E-state index contributed by atoms with van der Waals surface area (Å²) in [6.45, 7) is 11.8. The standard InChI is InChI=1S/C35H37N13OS5/c1-5-47(6-2)21-9-11-25(41-43-29-23-13-16-50-31(23)45-53-29)27(19-21)36-33-38-34(40-35(39-33)52-18-15-49)37-28-20-22(48(7-3)8-4)10-12-26(28)42-44-30-24-14-17-51-32(24)46-54-30/h9-14,16-17,19-20,49H,5-8,15,18H2,1-4H3,(H2,36,37,38,39,40). The molecule has 0 fully saturated rings. The molecule has 0 aliphatic heterocycles. The Labute approximate surface area is 332 Å². The number of aromatic nitrogens is 5. The molecule has 0 spiro atoms. The van der Waals surface area contributed by atoms with Gasteiger partial charge in [0.25, 0.3) is 0 Å². The van der Waals surface area contributed by atoms with Crippen LogP contribution in [0.1, 0.15) is 27.7 Å². The van der Waals surface area contributed by atoms with Gasteiger partial charge in [0, 0.05) is 43.3 Å². The average molecular weight is 816 g/mol. The molecular weight excluding hydrogens is 779 g/mol. The molecule has 0 unspecified atom stereocenters. The van der Waals surface area contributed by atoms with Crippen LogP contribution in [0.25, 0.3) is 20.4 Å². The third-order valence-corrected chi connectivity index (χ3v) is 12.5. The van der Waals surface area contributed by atoms with Gasteiger partial charge >= 0.3 is 0 Å². The summed E-state index contributed by atoms with van der Waals surface area (Å²) >= 11 is 7.13. The Morgan fingerprint density at radius 1 is 0.648 bits per heavy atom. The monoisotopic (exact) mass is 815 g/mol. The molecule has 0 saturated heterocycles. The summed E-state index contributed by atoms with van der Waals surface area (Å²) in [6.07, 6.45) is 0. The molecular formula is C35H37N13OS5. The van der Waals surface area contributed by atoms with E-state index in [1.807, 2.05) is 59.3 Å². The topological polar surface area (TPSA) is 165 Å². The van der Waals surface area contributed by atoms with E-state index in [0.29, 0.717) is 45.6 Å². The van der Waals surface area contributed by atoms with Crippen LogP contribution in [0.3, 0.4) is 0 Å². The highest BCUT2D eigenvalue weighted by molar-refractivity contribution is 7.99. The number of aliphatic hydroxyl groups is 1. The van der Waals surface area contributed by atoms with Gasteiger partial charge in [-0.2, -0.15) is 23.7 Å². The van der Waals surface area contributed by atoms with E-state index in [4.69, 9.17) is 15.0 Å². The number of azo groups is 2. The number of thioether (sulfide) groups is 1. The summed E-state index contributed by atoms with van der Waals surface area (Å²) in [5.41, 5.74) is 4.61. The van der Waals surface area contributed by atoms with E-state index in [1.165, 1.54) is 34.8 Å². The zero-order valence-corrected chi connectivity index (χ0v) is 34.0. The van der Waals surface area contributed by atoms with Crippen molar-refractivity contribution in [3.63, 3.8) is 0 Å². The summed E-state index contributed by atoms with van der Waals surface area (Å²) in [5, 5.41) is 42.9. The first-order chi connectivity index (χ1) is 26.5. The van der Waals surface area contributed by atoms with Crippen molar-refractivity contribution in [3.8, 4) is 0 Å². The smallest absolute Gasteiger partial charge is 0.233 e. The van der Waals surface area contributed by atoms with Crippen molar-refractivity contribution in [2.45, 2.75) is 32.9 Å². The summed E-state index contributed by atoms with van der Waals surface area (Å²) < 4.78 is 8.99. The molecule has 0 radical (unpaired) electrons. The largest absolute Gasteiger partial charge is 0.396 e. The van der Waals surface area contributed by atoms with Crippen molar-refractivity contribution >= 4 is 134 Å². The molecule has 0 aliphatic carbocycles. The minimum absolute atomic E-state index is 0.0290. The van der Waals surface area contributed by atoms with Crippen LogP contribution in [-0.4, -0.2) is 67.3 Å². The van der Waals surface area contributed by atoms with Gasteiger partial charge in [0.15, 0.2) is 15.2 Å². The van der Waals surface area contributed by atoms with Crippen LogP contribution >= 0.6 is 57.5 Å². The van der Waals surface area contributed by atoms with Crippen LogP contribution in [0.15, 0.2) is 84.9 Å². The molecule has 7 aromatic rings. The van der Waals surface area contributed by atoms with E-state index in [1.54, 1.807) is 22.7 Å². The van der Waals surface area contributed by atoms with E-state index in [2.05, 4.69) is 77.3 Å². The lowest BCUT2D eigenvalue weighted by Crippen LogP contribution is -2.21. The molecule has 19 heteroatoms. The first-order valence-electron chi connectivity index (χ1n) is 17.3. The molecule has 5 aromatic heterocycles. The SMILES string of the molecule is CCN(CC)c1ccc(N=Nc2snc3sccc23)c(Nc2nc(Nc3cc(N(CC)CC)ccc3N=Nc3snc4sccc34)nc(SCCO)n2)c1. The van der Waals surface area contributed by atoms with E-state index in [-0.39, 0.29) is 6.61 Å². The van der Waals surface area contributed by atoms with Gasteiger partial charge in [0.1, 0.15) is 21.0 Å². The number of benzene rings is 2. The highest BCUT2D eigenvalue weighted by Gasteiger charge is 2.16. The summed E-state index contributed by atoms with van der Waals surface area (Å²) in [5.74, 6) is 1.01. The fourth-order valence-electron chi connectivity index (χ4n) is 5.58. The second-order valence-corrected chi connectivity index (χ2v) is 15.8. The predicted octanol–water partition coefficient (Wildman–Crippen LogP) is 11.3. The zero-order valence-electron chi connectivity index (χ0n) is 29.9. The Kier molecular flexibility index (Phi) is 12.3. The molecule has 7 rings (SSSR count). The maximum Gasteiger partial charge on any atom is 0.233 e. The van der Waals surface area contributed by atoms with E-state index < -0.39 is 0 Å². The molecule has 2 aromatic carbocycles. The fraction of sp³-hybridized carbons (Fsp3) is 0.286. The van der Waals surface area contributed by atoms with Gasteiger partial charge in [-0.1, -0.05) is 11.8 Å². The lowest BCUT2D eigenvalue weighted by molar-refractivity contribution is 0.322. The van der Waals surface area contributed by atoms with Crippen LogP contribution in [-0.2, 0) is 0 Å². The quantitative estimate of drug-likeness (QED) is 0.0591. The Morgan fingerprint density at radius 3 is 1.57 bits per heavy atom. The number of anilines is 6. The molecule has 0 atom stereocenters. The lowest BCUT2D eigenvalue weighted by Gasteiger charge is -2.22. The number of hydrogen-bond donors (Lipinski definition) is 3. The molecule has 0 bridgehead atoms. The van der Waals surface area contributed by atoms with Gasteiger partial charge in [-0.3, -0.25) is 0 Å². The van der Waals surface area contributed by atoms with E-state index in [0.717, 1.165) is 68.0 Å². The van der Waals surface area contributed by atoms with Gasteiger partial charge in [-0.05, 0) is 110 Å². The van der Waals surface area contributed by atoms with Gasteiger partial charge in [-0.15, -0.1) is 43.1 Å². The summed E-state index contributed by atoms with van der Waals surface area (Å²) in [6, 6.07) is 16.0. The molecule has 278 valence electrons. The number of aliphatic hydroxyl groups excluding tert-OH is 1. The minimum Gasteiger partial charge on any atom is -0.396 e. The molecule has 3 N–H and O–H groups in total. The number of thiophene rings is 2. The Balaban J connectivity index is 1.26. The maximum absolute atomic E-state index is 9.66. The van der Waals surface area contributed by atoms with Crippen molar-refractivity contribution in [2.24, 2.45) is 20.5 Å². The van der Waals surface area contributed by atoms with Crippen LogP contribution in [0.2, 0.25) is 0 Å². The van der Waals surface area contributed by atoms with Crippen LogP contribution < -0.4 is 20.4 Å². The Hall–Kier alpha value is -4.66. The molecule has 5 heterocycles. The van der Waals surface area contributed by atoms with Gasteiger partial charge in [0.05, 0.1) is 28.8 Å². The normalized spacial score (nSPS) is 11.8. The predicted molar refractivity (Wildman–Crippen MR) is 228 cm³/mol. The second-order valence-electron chi connectivity index (χ2n) is 11.5.